The Bertz CT molecular complexity index is 757. The van der Waals surface area contributed by atoms with Crippen LogP contribution >= 0.6 is 11.6 Å². The Morgan fingerprint density at radius 1 is 1.19 bits per heavy atom. The van der Waals surface area contributed by atoms with E-state index >= 15 is 0 Å². The largest absolute Gasteiger partial charge is 0.369 e. The number of anilines is 2. The fourth-order valence-corrected chi connectivity index (χ4v) is 3.21. The molecule has 0 unspecified atom stereocenters. The fraction of sp³-hybridized carbons (Fsp3) is 0.450. The Labute approximate surface area is 165 Å². The summed E-state index contributed by atoms with van der Waals surface area (Å²) in [7, 11) is 0. The standard InChI is InChI=1S/C20H26ClN5O/c1-15(2)6-7-22-19-14-23-18(13-24-19)20(27)26-10-8-25(9-11-26)17-5-3-4-16(21)12-17/h3-5,12-15H,6-11H2,1-2H3,(H,22,24). The van der Waals surface area contributed by atoms with Crippen LogP contribution in [0.3, 0.4) is 0 Å². The van der Waals surface area contributed by atoms with E-state index in [1.165, 1.54) is 0 Å². The minimum absolute atomic E-state index is 0.0676. The lowest BCUT2D eigenvalue weighted by molar-refractivity contribution is 0.0740. The molecular weight excluding hydrogens is 362 g/mol. The molecule has 3 rings (SSSR count). The van der Waals surface area contributed by atoms with Gasteiger partial charge in [-0.15, -0.1) is 0 Å². The van der Waals surface area contributed by atoms with Crippen LogP contribution in [0.5, 0.6) is 0 Å². The molecule has 7 heteroatoms. The van der Waals surface area contributed by atoms with Crippen molar-refractivity contribution in [2.24, 2.45) is 5.92 Å². The summed E-state index contributed by atoms with van der Waals surface area (Å²) in [6, 6.07) is 7.81. The van der Waals surface area contributed by atoms with Crippen LogP contribution in [0, 0.1) is 5.92 Å². The van der Waals surface area contributed by atoms with Crippen LogP contribution < -0.4 is 10.2 Å². The molecule has 0 saturated carbocycles. The number of aromatic nitrogens is 2. The van der Waals surface area contributed by atoms with Gasteiger partial charge in [-0.2, -0.15) is 0 Å². The molecule has 1 aromatic carbocycles. The van der Waals surface area contributed by atoms with Gasteiger partial charge >= 0.3 is 0 Å². The van der Waals surface area contributed by atoms with Crippen molar-refractivity contribution in [1.29, 1.82) is 0 Å². The predicted octanol–water partition coefficient (Wildman–Crippen LogP) is 3.55. The topological polar surface area (TPSA) is 61.4 Å². The summed E-state index contributed by atoms with van der Waals surface area (Å²) in [5.74, 6) is 1.27. The Morgan fingerprint density at radius 2 is 1.96 bits per heavy atom. The van der Waals surface area contributed by atoms with Crippen molar-refractivity contribution in [3.05, 3.63) is 47.4 Å². The van der Waals surface area contributed by atoms with Gasteiger partial charge < -0.3 is 15.1 Å². The molecule has 1 saturated heterocycles. The molecule has 1 aromatic heterocycles. The van der Waals surface area contributed by atoms with E-state index in [9.17, 15) is 4.79 Å². The Hall–Kier alpha value is -2.34. The average molecular weight is 388 g/mol. The quantitative estimate of drug-likeness (QED) is 0.821. The fourth-order valence-electron chi connectivity index (χ4n) is 3.02. The maximum Gasteiger partial charge on any atom is 0.274 e. The van der Waals surface area contributed by atoms with Crippen molar-refractivity contribution in [3.63, 3.8) is 0 Å². The maximum absolute atomic E-state index is 12.7. The van der Waals surface area contributed by atoms with Gasteiger partial charge in [0.1, 0.15) is 11.5 Å². The lowest BCUT2D eigenvalue weighted by atomic mass is 10.1. The van der Waals surface area contributed by atoms with Crippen LogP contribution in [0.25, 0.3) is 0 Å². The first-order valence-electron chi connectivity index (χ1n) is 9.38. The monoisotopic (exact) mass is 387 g/mol. The molecule has 27 heavy (non-hydrogen) atoms. The van der Waals surface area contributed by atoms with Crippen LogP contribution in [0.15, 0.2) is 36.7 Å². The van der Waals surface area contributed by atoms with Crippen molar-refractivity contribution in [3.8, 4) is 0 Å². The van der Waals surface area contributed by atoms with Gasteiger partial charge in [0, 0.05) is 43.4 Å². The molecular formula is C20H26ClN5O. The first-order valence-corrected chi connectivity index (χ1v) is 9.76. The average Bonchev–Trinajstić information content (AvgIpc) is 2.68. The highest BCUT2D eigenvalue weighted by Crippen LogP contribution is 2.21. The Morgan fingerprint density at radius 3 is 2.59 bits per heavy atom. The summed E-state index contributed by atoms with van der Waals surface area (Å²) in [5.41, 5.74) is 1.48. The van der Waals surface area contributed by atoms with E-state index in [1.54, 1.807) is 12.4 Å². The molecule has 0 spiro atoms. The molecule has 0 atom stereocenters. The summed E-state index contributed by atoms with van der Waals surface area (Å²) < 4.78 is 0. The van der Waals surface area contributed by atoms with Crippen molar-refractivity contribution < 1.29 is 4.79 Å². The van der Waals surface area contributed by atoms with Crippen LogP contribution in [-0.4, -0.2) is 53.5 Å². The van der Waals surface area contributed by atoms with Gasteiger partial charge in [0.15, 0.2) is 0 Å². The highest BCUT2D eigenvalue weighted by atomic mass is 35.5. The van der Waals surface area contributed by atoms with E-state index in [0.29, 0.717) is 30.5 Å². The molecule has 1 N–H and O–H groups in total. The van der Waals surface area contributed by atoms with E-state index in [4.69, 9.17) is 11.6 Å². The van der Waals surface area contributed by atoms with Gasteiger partial charge in [0.05, 0.1) is 12.4 Å². The highest BCUT2D eigenvalue weighted by molar-refractivity contribution is 6.30. The van der Waals surface area contributed by atoms with E-state index in [2.05, 4.69) is 34.0 Å². The lowest BCUT2D eigenvalue weighted by Crippen LogP contribution is -2.49. The maximum atomic E-state index is 12.7. The Balaban J connectivity index is 1.53. The van der Waals surface area contributed by atoms with Crippen LogP contribution in [-0.2, 0) is 0 Å². The Kier molecular flexibility index (Phi) is 6.50. The number of piperazine rings is 1. The smallest absolute Gasteiger partial charge is 0.274 e. The van der Waals surface area contributed by atoms with Crippen LogP contribution in [0.1, 0.15) is 30.8 Å². The first-order chi connectivity index (χ1) is 13.0. The second kappa shape index (κ2) is 9.04. The van der Waals surface area contributed by atoms with E-state index in [1.807, 2.05) is 29.2 Å². The number of nitrogens with one attached hydrogen (secondary N) is 1. The first kappa shape index (κ1) is 19.4. The molecule has 0 bridgehead atoms. The molecule has 2 aromatic rings. The summed E-state index contributed by atoms with van der Waals surface area (Å²) >= 11 is 6.07. The molecule has 1 amide bonds. The number of hydrogen-bond donors (Lipinski definition) is 1. The minimum Gasteiger partial charge on any atom is -0.369 e. The van der Waals surface area contributed by atoms with Gasteiger partial charge in [-0.3, -0.25) is 4.79 Å². The molecule has 144 valence electrons. The van der Waals surface area contributed by atoms with Gasteiger partial charge in [-0.05, 0) is 30.5 Å². The molecule has 1 aliphatic heterocycles. The van der Waals surface area contributed by atoms with Gasteiger partial charge in [-0.25, -0.2) is 9.97 Å². The zero-order valence-corrected chi connectivity index (χ0v) is 16.6. The molecule has 2 heterocycles. The van der Waals surface area contributed by atoms with E-state index < -0.39 is 0 Å². The number of carbonyl (C=O) groups is 1. The van der Waals surface area contributed by atoms with Crippen molar-refractivity contribution in [2.75, 3.05) is 42.9 Å². The van der Waals surface area contributed by atoms with Gasteiger partial charge in [0.2, 0.25) is 0 Å². The summed E-state index contributed by atoms with van der Waals surface area (Å²) in [6.07, 6.45) is 4.26. The van der Waals surface area contributed by atoms with E-state index in [-0.39, 0.29) is 5.91 Å². The summed E-state index contributed by atoms with van der Waals surface area (Å²) in [4.78, 5) is 25.4. The molecule has 0 radical (unpaired) electrons. The second-order valence-corrected chi connectivity index (χ2v) is 7.59. The van der Waals surface area contributed by atoms with Crippen molar-refractivity contribution in [2.45, 2.75) is 20.3 Å². The number of benzene rings is 1. The van der Waals surface area contributed by atoms with Crippen LogP contribution in [0.2, 0.25) is 5.02 Å². The SMILES string of the molecule is CC(C)CCNc1cnc(C(=O)N2CCN(c3cccc(Cl)c3)CC2)cn1. The number of nitrogens with zero attached hydrogens (tertiary/aromatic N) is 4. The zero-order chi connectivity index (χ0) is 19.2. The molecule has 0 aliphatic carbocycles. The van der Waals surface area contributed by atoms with Crippen LogP contribution in [0.4, 0.5) is 11.5 Å². The third-order valence-electron chi connectivity index (χ3n) is 4.64. The van der Waals surface area contributed by atoms with E-state index in [0.717, 1.165) is 36.8 Å². The number of amides is 1. The molecule has 1 fully saturated rings. The normalized spacial score (nSPS) is 14.5. The summed E-state index contributed by atoms with van der Waals surface area (Å²) in [6.45, 7) is 8.07. The highest BCUT2D eigenvalue weighted by Gasteiger charge is 2.23. The third kappa shape index (κ3) is 5.32. The molecule has 6 nitrogen and oxygen atoms in total. The minimum atomic E-state index is -0.0676. The predicted molar refractivity (Wildman–Crippen MR) is 110 cm³/mol. The molecule has 1 aliphatic rings. The number of hydrogen-bond acceptors (Lipinski definition) is 5. The van der Waals surface area contributed by atoms with Gasteiger partial charge in [-0.1, -0.05) is 31.5 Å². The van der Waals surface area contributed by atoms with Gasteiger partial charge in [0.25, 0.3) is 5.91 Å². The van der Waals surface area contributed by atoms with Crippen molar-refractivity contribution >= 4 is 29.0 Å². The third-order valence-corrected chi connectivity index (χ3v) is 4.87. The second-order valence-electron chi connectivity index (χ2n) is 7.16. The van der Waals surface area contributed by atoms with Crippen molar-refractivity contribution in [1.82, 2.24) is 14.9 Å². The lowest BCUT2D eigenvalue weighted by Gasteiger charge is -2.36. The number of carbonyl (C=O) groups excluding carboxylic acids is 1. The summed E-state index contributed by atoms with van der Waals surface area (Å²) in [5, 5.41) is 3.96. The number of rotatable bonds is 6. The number of halogens is 1. The zero-order valence-electron chi connectivity index (χ0n) is 15.9.